The number of nitrogens with one attached hydrogen (secondary N) is 3. The van der Waals surface area contributed by atoms with Crippen molar-refractivity contribution in [3.8, 4) is 11.5 Å². The number of H-pyrrole nitrogens is 1. The quantitative estimate of drug-likeness (QED) is 0.757. The Morgan fingerprint density at radius 3 is 2.56 bits per heavy atom. The molecule has 1 saturated heterocycles. The average Bonchev–Trinajstić information content (AvgIpc) is 3.14. The molecule has 146 valence electrons. The number of anilines is 1. The van der Waals surface area contributed by atoms with Crippen LogP contribution in [0.2, 0.25) is 0 Å². The maximum Gasteiger partial charge on any atom is 0.434 e. The van der Waals surface area contributed by atoms with Gasteiger partial charge in [-0.25, -0.2) is 9.89 Å². The number of piperidine rings is 1. The number of alkyl halides is 3. The van der Waals surface area contributed by atoms with Crippen LogP contribution in [0.1, 0.15) is 25.3 Å². The summed E-state index contributed by atoms with van der Waals surface area (Å²) in [6.45, 7) is 3.78. The normalized spacial score (nSPS) is 26.1. The van der Waals surface area contributed by atoms with Gasteiger partial charge in [-0.05, 0) is 68.8 Å². The molecule has 3 N–H and O–H groups in total. The fourth-order valence-corrected chi connectivity index (χ4v) is 4.68. The van der Waals surface area contributed by atoms with Gasteiger partial charge >= 0.3 is 11.9 Å². The van der Waals surface area contributed by atoms with E-state index in [2.05, 4.69) is 20.8 Å². The number of benzene rings is 1. The number of aromatic amines is 1. The molecule has 9 heteroatoms. The fourth-order valence-electron chi connectivity index (χ4n) is 4.68. The van der Waals surface area contributed by atoms with E-state index in [-0.39, 0.29) is 17.6 Å². The Morgan fingerprint density at radius 2 is 1.96 bits per heavy atom. The molecule has 6 nitrogen and oxygen atoms in total. The standard InChI is InChI=1S/C18H21F3N4O2/c1-9(15-11-2-3-12(15)8-22-7-11)23-14-6-10(16-24-25-17(26)27-16)4-5-13(14)18(19,20)21/h4-6,9,11-12,15,22-23H,2-3,7-8H2,1H3,(H,25,26)/t9-,11-,12+,15+/m0/s1. The third-order valence-corrected chi connectivity index (χ3v) is 5.78. The van der Waals surface area contributed by atoms with E-state index in [4.69, 9.17) is 4.42 Å². The summed E-state index contributed by atoms with van der Waals surface area (Å²) in [4.78, 5) is 11.2. The molecule has 2 heterocycles. The van der Waals surface area contributed by atoms with Crippen molar-refractivity contribution in [2.75, 3.05) is 18.4 Å². The third kappa shape index (κ3) is 3.47. The van der Waals surface area contributed by atoms with E-state index in [1.165, 1.54) is 12.1 Å². The summed E-state index contributed by atoms with van der Waals surface area (Å²) in [5, 5.41) is 12.3. The Morgan fingerprint density at radius 1 is 1.26 bits per heavy atom. The molecule has 27 heavy (non-hydrogen) atoms. The molecule has 0 unspecified atom stereocenters. The predicted octanol–water partition coefficient (Wildman–Crippen LogP) is 3.09. The van der Waals surface area contributed by atoms with Crippen molar-refractivity contribution in [2.24, 2.45) is 17.8 Å². The van der Waals surface area contributed by atoms with E-state index in [9.17, 15) is 18.0 Å². The molecule has 2 aromatic rings. The lowest BCUT2D eigenvalue weighted by atomic mass is 9.81. The van der Waals surface area contributed by atoms with Gasteiger partial charge in [-0.1, -0.05) is 0 Å². The number of rotatable bonds is 4. The lowest BCUT2D eigenvalue weighted by molar-refractivity contribution is -0.137. The van der Waals surface area contributed by atoms with Gasteiger partial charge in [0.05, 0.1) is 5.56 Å². The van der Waals surface area contributed by atoms with Crippen molar-refractivity contribution >= 4 is 5.69 Å². The largest absolute Gasteiger partial charge is 0.434 e. The Kier molecular flexibility index (Phi) is 4.49. The van der Waals surface area contributed by atoms with Crippen LogP contribution in [0, 0.1) is 17.8 Å². The Balaban J connectivity index is 1.66. The van der Waals surface area contributed by atoms with Crippen molar-refractivity contribution in [3.63, 3.8) is 0 Å². The van der Waals surface area contributed by atoms with E-state index in [0.717, 1.165) is 32.0 Å². The Hall–Kier alpha value is -2.29. The maximum absolute atomic E-state index is 13.5. The molecule has 2 fully saturated rings. The zero-order chi connectivity index (χ0) is 19.2. The topological polar surface area (TPSA) is 83.0 Å². The minimum Gasteiger partial charge on any atom is -0.388 e. The van der Waals surface area contributed by atoms with Crippen LogP contribution in [0.25, 0.3) is 11.5 Å². The van der Waals surface area contributed by atoms with Crippen LogP contribution in [-0.2, 0) is 6.18 Å². The number of fused-ring (bicyclic) bond motifs is 2. The Bertz CT molecular complexity index is 860. The molecule has 1 aliphatic carbocycles. The van der Waals surface area contributed by atoms with Crippen LogP contribution in [0.3, 0.4) is 0 Å². The molecule has 1 saturated carbocycles. The van der Waals surface area contributed by atoms with Gasteiger partial charge in [0.2, 0.25) is 5.89 Å². The molecule has 0 amide bonds. The molecule has 1 aromatic carbocycles. The van der Waals surface area contributed by atoms with E-state index in [1.807, 2.05) is 6.92 Å². The van der Waals surface area contributed by atoms with Gasteiger partial charge in [0.15, 0.2) is 0 Å². The molecular weight excluding hydrogens is 361 g/mol. The average molecular weight is 382 g/mol. The van der Waals surface area contributed by atoms with Gasteiger partial charge in [-0.2, -0.15) is 13.2 Å². The minimum atomic E-state index is -4.49. The second kappa shape index (κ2) is 6.70. The molecule has 2 bridgehead atoms. The first-order valence-electron chi connectivity index (χ1n) is 9.07. The van der Waals surface area contributed by atoms with Crippen molar-refractivity contribution in [3.05, 3.63) is 34.3 Å². The SMILES string of the molecule is C[C@H](Nc1cc(-c2n[nH]c(=O)o2)ccc1C(F)(F)F)[C@H]1[C@@H]2CC[C@H]1CNC2. The zero-order valence-corrected chi connectivity index (χ0v) is 14.8. The molecular formula is C18H21F3N4O2. The van der Waals surface area contributed by atoms with Crippen LogP contribution in [0.4, 0.5) is 18.9 Å². The van der Waals surface area contributed by atoms with Gasteiger partial charge in [0.25, 0.3) is 0 Å². The highest BCUT2D eigenvalue weighted by atomic mass is 19.4. The molecule has 2 aliphatic rings. The molecule has 4 rings (SSSR count). The van der Waals surface area contributed by atoms with E-state index < -0.39 is 17.5 Å². The fraction of sp³-hybridized carbons (Fsp3) is 0.556. The number of nitrogens with zero attached hydrogens (tertiary/aromatic N) is 1. The predicted molar refractivity (Wildman–Crippen MR) is 93.2 cm³/mol. The van der Waals surface area contributed by atoms with Gasteiger partial charge in [0.1, 0.15) is 0 Å². The first-order valence-corrected chi connectivity index (χ1v) is 9.07. The summed E-state index contributed by atoms with van der Waals surface area (Å²) in [5.74, 6) is 0.506. The molecule has 1 aliphatic heterocycles. The monoisotopic (exact) mass is 382 g/mol. The smallest absolute Gasteiger partial charge is 0.388 e. The second-order valence-corrected chi connectivity index (χ2v) is 7.44. The van der Waals surface area contributed by atoms with Gasteiger partial charge in [-0.3, -0.25) is 0 Å². The Labute approximate surface area is 153 Å². The number of halogens is 3. The van der Waals surface area contributed by atoms with Crippen LogP contribution >= 0.6 is 0 Å². The summed E-state index contributed by atoms with van der Waals surface area (Å²) < 4.78 is 45.4. The summed E-state index contributed by atoms with van der Waals surface area (Å²) in [6, 6.07) is 3.50. The highest BCUT2D eigenvalue weighted by molar-refractivity contribution is 5.65. The molecule has 0 radical (unpaired) electrons. The zero-order valence-electron chi connectivity index (χ0n) is 14.8. The highest BCUT2D eigenvalue weighted by Gasteiger charge is 2.42. The van der Waals surface area contributed by atoms with Crippen LogP contribution in [-0.4, -0.2) is 29.3 Å². The van der Waals surface area contributed by atoms with E-state index in [0.29, 0.717) is 23.3 Å². The van der Waals surface area contributed by atoms with Gasteiger partial charge < -0.3 is 15.1 Å². The molecule has 4 atom stereocenters. The molecule has 1 aromatic heterocycles. The first kappa shape index (κ1) is 18.1. The summed E-state index contributed by atoms with van der Waals surface area (Å²) in [5.41, 5.74) is -0.447. The van der Waals surface area contributed by atoms with Crippen molar-refractivity contribution in [2.45, 2.75) is 32.0 Å². The third-order valence-electron chi connectivity index (χ3n) is 5.78. The van der Waals surface area contributed by atoms with Crippen LogP contribution < -0.4 is 16.4 Å². The first-order chi connectivity index (χ1) is 12.8. The maximum atomic E-state index is 13.5. The number of aromatic nitrogens is 2. The number of hydrogen-bond acceptors (Lipinski definition) is 5. The van der Waals surface area contributed by atoms with Crippen LogP contribution in [0.15, 0.2) is 27.4 Å². The lowest BCUT2D eigenvalue weighted by Gasteiger charge is -2.36. The summed E-state index contributed by atoms with van der Waals surface area (Å²) in [7, 11) is 0. The summed E-state index contributed by atoms with van der Waals surface area (Å²) >= 11 is 0. The summed E-state index contributed by atoms with van der Waals surface area (Å²) in [6.07, 6.45) is -2.27. The highest BCUT2D eigenvalue weighted by Crippen LogP contribution is 2.43. The van der Waals surface area contributed by atoms with Crippen molar-refractivity contribution in [1.29, 1.82) is 0 Å². The van der Waals surface area contributed by atoms with Gasteiger partial charge in [0, 0.05) is 17.3 Å². The van der Waals surface area contributed by atoms with Crippen LogP contribution in [0.5, 0.6) is 0 Å². The lowest BCUT2D eigenvalue weighted by Crippen LogP contribution is -2.45. The van der Waals surface area contributed by atoms with E-state index in [1.54, 1.807) is 0 Å². The molecule has 0 spiro atoms. The number of hydrogen-bond donors (Lipinski definition) is 3. The van der Waals surface area contributed by atoms with Gasteiger partial charge in [-0.15, -0.1) is 5.10 Å². The van der Waals surface area contributed by atoms with Crippen molar-refractivity contribution in [1.82, 2.24) is 15.5 Å². The minimum absolute atomic E-state index is 0.0175. The van der Waals surface area contributed by atoms with Crippen molar-refractivity contribution < 1.29 is 17.6 Å². The second-order valence-electron chi connectivity index (χ2n) is 7.44. The van der Waals surface area contributed by atoms with E-state index >= 15 is 0 Å².